The smallest absolute Gasteiger partial charge is 0.309 e. The molecular weight excluding hydrogens is 341 g/mol. The zero-order chi connectivity index (χ0) is 18.9. The molecule has 0 spiro atoms. The molecule has 0 bridgehead atoms. The summed E-state index contributed by atoms with van der Waals surface area (Å²) in [4.78, 5) is 37.2. The summed E-state index contributed by atoms with van der Waals surface area (Å²) in [5, 5.41) is 5.06. The van der Waals surface area contributed by atoms with E-state index >= 15 is 0 Å². The Bertz CT molecular complexity index is 645. The van der Waals surface area contributed by atoms with Crippen LogP contribution >= 0.6 is 0 Å². The number of rotatable bonds is 6. The first kappa shape index (κ1) is 19.8. The predicted octanol–water partition coefficient (Wildman–Crippen LogP) is 0.557. The van der Waals surface area contributed by atoms with Gasteiger partial charge in [-0.05, 0) is 30.9 Å². The van der Waals surface area contributed by atoms with Gasteiger partial charge in [0.1, 0.15) is 5.82 Å². The van der Waals surface area contributed by atoms with Crippen molar-refractivity contribution < 1.29 is 23.5 Å². The van der Waals surface area contributed by atoms with Crippen LogP contribution < -0.4 is 10.6 Å². The number of ether oxygens (including phenoxy) is 1. The molecule has 1 aromatic rings. The van der Waals surface area contributed by atoms with Gasteiger partial charge < -0.3 is 20.3 Å². The number of halogens is 1. The Labute approximate surface area is 151 Å². The monoisotopic (exact) mass is 365 g/mol. The number of hydrogen-bond acceptors (Lipinski definition) is 4. The number of nitrogens with zero attached hydrogens (tertiary/aromatic N) is 1. The molecule has 2 rings (SSSR count). The van der Waals surface area contributed by atoms with Crippen molar-refractivity contribution in [3.63, 3.8) is 0 Å². The highest BCUT2D eigenvalue weighted by Gasteiger charge is 2.25. The fourth-order valence-electron chi connectivity index (χ4n) is 2.81. The maximum absolute atomic E-state index is 13.7. The molecule has 8 heteroatoms. The van der Waals surface area contributed by atoms with Gasteiger partial charge in [0, 0.05) is 33.3 Å². The molecule has 26 heavy (non-hydrogen) atoms. The van der Waals surface area contributed by atoms with Crippen LogP contribution in [-0.2, 0) is 14.3 Å². The second-order valence-corrected chi connectivity index (χ2v) is 6.17. The number of hydrogen-bond donors (Lipinski definition) is 2. The second-order valence-electron chi connectivity index (χ2n) is 6.17. The molecule has 0 saturated carbocycles. The summed E-state index contributed by atoms with van der Waals surface area (Å²) in [6.07, 6.45) is 1.37. The molecule has 7 nitrogen and oxygen atoms in total. The van der Waals surface area contributed by atoms with Crippen LogP contribution in [-0.4, -0.2) is 62.5 Å². The largest absolute Gasteiger partial charge is 0.383 e. The van der Waals surface area contributed by atoms with Gasteiger partial charge in [0.25, 0.3) is 5.91 Å². The number of carbonyl (C=O) groups is 3. The van der Waals surface area contributed by atoms with Gasteiger partial charge in [0.15, 0.2) is 0 Å². The summed E-state index contributed by atoms with van der Waals surface area (Å²) in [5.41, 5.74) is 0.0759. The van der Waals surface area contributed by atoms with E-state index in [1.807, 2.05) is 0 Å². The van der Waals surface area contributed by atoms with Crippen molar-refractivity contribution >= 4 is 17.7 Å². The van der Waals surface area contributed by atoms with E-state index < -0.39 is 17.6 Å². The molecule has 1 aliphatic rings. The van der Waals surface area contributed by atoms with Crippen LogP contribution in [0.2, 0.25) is 0 Å². The van der Waals surface area contributed by atoms with Crippen LogP contribution in [0.1, 0.15) is 23.2 Å². The van der Waals surface area contributed by atoms with Crippen LogP contribution in [0.15, 0.2) is 24.3 Å². The molecule has 2 N–H and O–H groups in total. The maximum atomic E-state index is 13.7. The van der Waals surface area contributed by atoms with Gasteiger partial charge in [-0.15, -0.1) is 0 Å². The van der Waals surface area contributed by atoms with Crippen LogP contribution in [0.5, 0.6) is 0 Å². The lowest BCUT2D eigenvalue weighted by Gasteiger charge is -2.32. The van der Waals surface area contributed by atoms with Gasteiger partial charge in [-0.2, -0.15) is 0 Å². The lowest BCUT2D eigenvalue weighted by Crippen LogP contribution is -2.45. The van der Waals surface area contributed by atoms with E-state index in [1.54, 1.807) is 17.0 Å². The molecule has 1 heterocycles. The van der Waals surface area contributed by atoms with Crippen molar-refractivity contribution in [1.29, 1.82) is 0 Å². The first-order valence-electron chi connectivity index (χ1n) is 8.61. The van der Waals surface area contributed by atoms with Crippen molar-refractivity contribution in [3.05, 3.63) is 35.6 Å². The summed E-state index contributed by atoms with van der Waals surface area (Å²) in [5.74, 6) is -2.02. The van der Waals surface area contributed by atoms with E-state index in [4.69, 9.17) is 4.74 Å². The van der Waals surface area contributed by atoms with E-state index in [-0.39, 0.29) is 23.9 Å². The minimum absolute atomic E-state index is 0.0759. The quantitative estimate of drug-likeness (QED) is 0.570. The zero-order valence-corrected chi connectivity index (χ0v) is 14.8. The van der Waals surface area contributed by atoms with Gasteiger partial charge >= 0.3 is 11.8 Å². The van der Waals surface area contributed by atoms with Gasteiger partial charge in [0.2, 0.25) is 0 Å². The van der Waals surface area contributed by atoms with E-state index in [0.29, 0.717) is 39.1 Å². The minimum atomic E-state index is -0.686. The number of carbonyl (C=O) groups excluding carboxylic acids is 3. The predicted molar refractivity (Wildman–Crippen MR) is 92.9 cm³/mol. The molecule has 1 saturated heterocycles. The molecule has 0 unspecified atom stereocenters. The number of amides is 3. The molecule has 1 fully saturated rings. The van der Waals surface area contributed by atoms with Crippen molar-refractivity contribution in [2.24, 2.45) is 5.92 Å². The lowest BCUT2D eigenvalue weighted by molar-refractivity contribution is -0.139. The van der Waals surface area contributed by atoms with E-state index in [9.17, 15) is 18.8 Å². The Morgan fingerprint density at radius 3 is 2.46 bits per heavy atom. The van der Waals surface area contributed by atoms with Crippen LogP contribution in [0.25, 0.3) is 0 Å². The minimum Gasteiger partial charge on any atom is -0.383 e. The average Bonchev–Trinajstić information content (AvgIpc) is 2.66. The molecule has 3 amide bonds. The van der Waals surface area contributed by atoms with Gasteiger partial charge in [-0.3, -0.25) is 14.4 Å². The van der Waals surface area contributed by atoms with Crippen LogP contribution in [0.3, 0.4) is 0 Å². The maximum Gasteiger partial charge on any atom is 0.309 e. The van der Waals surface area contributed by atoms with E-state index in [1.165, 1.54) is 19.2 Å². The first-order valence-corrected chi connectivity index (χ1v) is 8.61. The summed E-state index contributed by atoms with van der Waals surface area (Å²) in [6.45, 7) is 1.98. The van der Waals surface area contributed by atoms with Crippen molar-refractivity contribution in [2.45, 2.75) is 12.8 Å². The van der Waals surface area contributed by atoms with Crippen molar-refractivity contribution in [1.82, 2.24) is 15.5 Å². The number of benzene rings is 1. The normalized spacial score (nSPS) is 14.8. The fourth-order valence-corrected chi connectivity index (χ4v) is 2.81. The Hall–Kier alpha value is -2.48. The second kappa shape index (κ2) is 9.86. The standard InChI is InChI=1S/C18H24FN3O4/c1-26-11-8-20-16(23)17(24)21-12-13-6-9-22(10-7-13)18(25)14-4-2-3-5-15(14)19/h2-5,13H,6-12H2,1H3,(H,20,23)(H,21,24). The summed E-state index contributed by atoms with van der Waals surface area (Å²) < 4.78 is 18.5. The summed E-state index contributed by atoms with van der Waals surface area (Å²) in [6, 6.07) is 5.93. The molecule has 142 valence electrons. The molecule has 1 aliphatic heterocycles. The van der Waals surface area contributed by atoms with Gasteiger partial charge in [0.05, 0.1) is 12.2 Å². The molecule has 1 aromatic carbocycles. The van der Waals surface area contributed by atoms with Crippen LogP contribution in [0.4, 0.5) is 4.39 Å². The molecular formula is C18H24FN3O4. The SMILES string of the molecule is COCCNC(=O)C(=O)NCC1CCN(C(=O)c2ccccc2F)CC1. The zero-order valence-electron chi connectivity index (χ0n) is 14.8. The molecule has 0 radical (unpaired) electrons. The summed E-state index contributed by atoms with van der Waals surface area (Å²) >= 11 is 0. The Kier molecular flexibility index (Phi) is 7.53. The van der Waals surface area contributed by atoms with Crippen molar-refractivity contribution in [2.75, 3.05) is 39.9 Å². The van der Waals surface area contributed by atoms with Gasteiger partial charge in [-0.25, -0.2) is 4.39 Å². The molecule has 0 atom stereocenters. The Morgan fingerprint density at radius 1 is 1.15 bits per heavy atom. The van der Waals surface area contributed by atoms with Crippen molar-refractivity contribution in [3.8, 4) is 0 Å². The summed E-state index contributed by atoms with van der Waals surface area (Å²) in [7, 11) is 1.51. The lowest BCUT2D eigenvalue weighted by atomic mass is 9.96. The number of nitrogens with one attached hydrogen (secondary N) is 2. The highest BCUT2D eigenvalue weighted by molar-refractivity contribution is 6.35. The number of likely N-dealkylation sites (tertiary alicyclic amines) is 1. The fraction of sp³-hybridized carbons (Fsp3) is 0.500. The highest BCUT2D eigenvalue weighted by atomic mass is 19.1. The molecule has 0 aliphatic carbocycles. The third-order valence-electron chi connectivity index (χ3n) is 4.36. The first-order chi connectivity index (χ1) is 12.5. The third kappa shape index (κ3) is 5.52. The Balaban J connectivity index is 1.73. The van der Waals surface area contributed by atoms with E-state index in [2.05, 4.69) is 10.6 Å². The average molecular weight is 365 g/mol. The highest BCUT2D eigenvalue weighted by Crippen LogP contribution is 2.19. The van der Waals surface area contributed by atoms with Crippen LogP contribution in [0, 0.1) is 11.7 Å². The molecule has 0 aromatic heterocycles. The third-order valence-corrected chi connectivity index (χ3v) is 4.36. The van der Waals surface area contributed by atoms with Gasteiger partial charge in [-0.1, -0.05) is 12.1 Å². The Morgan fingerprint density at radius 2 is 1.81 bits per heavy atom. The topological polar surface area (TPSA) is 87.7 Å². The number of piperidine rings is 1. The van der Waals surface area contributed by atoms with E-state index in [0.717, 1.165) is 0 Å². The number of methoxy groups -OCH3 is 1.